The van der Waals surface area contributed by atoms with Crippen LogP contribution in [0.25, 0.3) is 0 Å². The third kappa shape index (κ3) is 9.42. The first-order valence-corrected chi connectivity index (χ1v) is 17.1. The highest BCUT2D eigenvalue weighted by Gasteiger charge is 2.50. The first-order chi connectivity index (χ1) is 21.1. The summed E-state index contributed by atoms with van der Waals surface area (Å²) >= 11 is 0. The molecule has 0 aromatic carbocycles. The van der Waals surface area contributed by atoms with Gasteiger partial charge in [0.15, 0.2) is 0 Å². The smallest absolute Gasteiger partial charge is 0.315 e. The lowest BCUT2D eigenvalue weighted by Gasteiger charge is -2.43. The van der Waals surface area contributed by atoms with Crippen LogP contribution in [0.4, 0.5) is 4.79 Å². The molecular formula is C34H59N5O6. The zero-order valence-electron chi connectivity index (χ0n) is 28.7. The summed E-state index contributed by atoms with van der Waals surface area (Å²) in [6.45, 7) is 12.9. The van der Waals surface area contributed by atoms with Crippen molar-refractivity contribution in [1.82, 2.24) is 20.9 Å². The van der Waals surface area contributed by atoms with E-state index in [1.165, 1.54) is 0 Å². The van der Waals surface area contributed by atoms with Crippen molar-refractivity contribution < 1.29 is 28.7 Å². The Morgan fingerprint density at radius 2 is 1.62 bits per heavy atom. The van der Waals surface area contributed by atoms with Crippen molar-refractivity contribution in [3.05, 3.63) is 0 Å². The molecule has 1 aliphatic heterocycles. The van der Waals surface area contributed by atoms with Gasteiger partial charge in [-0.1, -0.05) is 73.1 Å². The minimum atomic E-state index is -1.07. The van der Waals surface area contributed by atoms with Crippen molar-refractivity contribution in [3.63, 3.8) is 0 Å². The molecule has 11 heteroatoms. The Balaban J connectivity index is 1.90. The normalized spacial score (nSPS) is 24.3. The predicted octanol–water partition coefficient (Wildman–Crippen LogP) is 3.68. The molecule has 2 unspecified atom stereocenters. The van der Waals surface area contributed by atoms with Gasteiger partial charge < -0.3 is 31.3 Å². The van der Waals surface area contributed by atoms with Gasteiger partial charge in [-0.15, -0.1) is 0 Å². The molecule has 45 heavy (non-hydrogen) atoms. The van der Waals surface area contributed by atoms with Crippen LogP contribution in [0.15, 0.2) is 0 Å². The van der Waals surface area contributed by atoms with Crippen LogP contribution < -0.4 is 21.7 Å². The van der Waals surface area contributed by atoms with Crippen LogP contribution in [0.5, 0.6) is 0 Å². The van der Waals surface area contributed by atoms with Crippen LogP contribution in [0.2, 0.25) is 0 Å². The van der Waals surface area contributed by atoms with E-state index in [1.54, 1.807) is 12.0 Å². The highest BCUT2D eigenvalue weighted by atomic mass is 16.5. The number of hydrogen-bond donors (Lipinski definition) is 4. The van der Waals surface area contributed by atoms with Gasteiger partial charge in [-0.2, -0.15) is 0 Å². The SMILES string of the molecule is COC[C@@](C)(CC(C)C)NC(=O)N[C@H](C(=O)N1CCC(C(C)C)[C@H]1C(=O)NC(CC1CCC1)C(=O)C(N)=O)C1(C)CCCCC1. The van der Waals surface area contributed by atoms with Gasteiger partial charge in [0.25, 0.3) is 5.91 Å². The number of nitrogens with two attached hydrogens (primary N) is 1. The fraction of sp³-hybridized carbons (Fsp3) is 0.853. The Bertz CT molecular complexity index is 1070. The summed E-state index contributed by atoms with van der Waals surface area (Å²) in [6, 6.07) is -3.13. The number of carbonyl (C=O) groups is 5. The number of urea groups is 1. The second-order valence-electron chi connectivity index (χ2n) is 15.3. The van der Waals surface area contributed by atoms with Crippen molar-refractivity contribution in [2.45, 2.75) is 136 Å². The van der Waals surface area contributed by atoms with E-state index in [-0.39, 0.29) is 23.7 Å². The fourth-order valence-corrected chi connectivity index (χ4v) is 7.97. The van der Waals surface area contributed by atoms with E-state index in [9.17, 15) is 24.0 Å². The summed E-state index contributed by atoms with van der Waals surface area (Å²) in [5.74, 6) is -2.11. The largest absolute Gasteiger partial charge is 0.382 e. The molecule has 1 heterocycles. The van der Waals surface area contributed by atoms with Crippen LogP contribution in [-0.2, 0) is 23.9 Å². The van der Waals surface area contributed by atoms with E-state index in [0.717, 1.165) is 51.4 Å². The standard InChI is InChI=1S/C34H59N5O6/c1-21(2)19-34(6,20-45-7)38-32(44)37-28(33(5)15-9-8-10-16-33)31(43)39-17-14-24(22(3)4)26(39)30(42)36-25(27(40)29(35)41)18-23-12-11-13-23/h21-26,28H,8-20H2,1-7H3,(H2,35,41)(H,36,42)(H2,37,38,44)/t24?,25?,26-,28+,34+/m0/s1. The monoisotopic (exact) mass is 633 g/mol. The summed E-state index contributed by atoms with van der Waals surface area (Å²) in [5, 5.41) is 9.00. The Morgan fingerprint density at radius 1 is 0.978 bits per heavy atom. The van der Waals surface area contributed by atoms with Crippen molar-refractivity contribution >= 4 is 29.5 Å². The van der Waals surface area contributed by atoms with Crippen molar-refractivity contribution in [1.29, 1.82) is 0 Å². The molecule has 2 saturated carbocycles. The van der Waals surface area contributed by atoms with Crippen LogP contribution >= 0.6 is 0 Å². The number of ketones is 1. The average Bonchev–Trinajstić information content (AvgIpc) is 3.38. The molecule has 3 aliphatic rings. The first kappa shape index (κ1) is 36.8. The molecule has 3 rings (SSSR count). The molecule has 3 fully saturated rings. The summed E-state index contributed by atoms with van der Waals surface area (Å²) < 4.78 is 5.44. The van der Waals surface area contributed by atoms with Crippen molar-refractivity contribution in [2.75, 3.05) is 20.3 Å². The highest BCUT2D eigenvalue weighted by molar-refractivity contribution is 6.37. The topological polar surface area (TPSA) is 160 Å². The quantitative estimate of drug-likeness (QED) is 0.201. The molecule has 0 aromatic heterocycles. The molecule has 0 spiro atoms. The predicted molar refractivity (Wildman–Crippen MR) is 173 cm³/mol. The Hall–Kier alpha value is -2.69. The molecule has 1 saturated heterocycles. The maximum Gasteiger partial charge on any atom is 0.315 e. The van der Waals surface area contributed by atoms with Crippen molar-refractivity contribution in [3.8, 4) is 0 Å². The Labute approximate surface area is 269 Å². The van der Waals surface area contributed by atoms with E-state index < -0.39 is 52.7 Å². The number of methoxy groups -OCH3 is 1. The lowest BCUT2D eigenvalue weighted by Crippen LogP contribution is -2.63. The molecular weight excluding hydrogens is 574 g/mol. The maximum absolute atomic E-state index is 14.6. The summed E-state index contributed by atoms with van der Waals surface area (Å²) in [6.07, 6.45) is 9.15. The molecule has 0 radical (unpaired) electrons. The number of nitrogens with zero attached hydrogens (tertiary/aromatic N) is 1. The van der Waals surface area contributed by atoms with Gasteiger partial charge in [0.2, 0.25) is 17.6 Å². The van der Waals surface area contributed by atoms with Crippen LogP contribution in [-0.4, -0.2) is 78.4 Å². The van der Waals surface area contributed by atoms with Gasteiger partial charge in [0, 0.05) is 13.7 Å². The molecule has 2 aliphatic carbocycles. The van der Waals surface area contributed by atoms with Gasteiger partial charge in [0.1, 0.15) is 12.1 Å². The third-order valence-corrected chi connectivity index (χ3v) is 10.5. The van der Waals surface area contributed by atoms with E-state index in [4.69, 9.17) is 10.5 Å². The summed E-state index contributed by atoms with van der Waals surface area (Å²) in [5.41, 5.74) is 4.24. The molecule has 0 bridgehead atoms. The van der Waals surface area contributed by atoms with E-state index >= 15 is 0 Å². The molecule has 5 atom stereocenters. The van der Waals surface area contributed by atoms with Crippen LogP contribution in [0.1, 0.15) is 112 Å². The third-order valence-electron chi connectivity index (χ3n) is 10.5. The van der Waals surface area contributed by atoms with Gasteiger partial charge >= 0.3 is 6.03 Å². The molecule has 256 valence electrons. The summed E-state index contributed by atoms with van der Waals surface area (Å²) in [4.78, 5) is 68.6. The summed E-state index contributed by atoms with van der Waals surface area (Å²) in [7, 11) is 1.60. The van der Waals surface area contributed by atoms with Crippen LogP contribution in [0.3, 0.4) is 0 Å². The second-order valence-corrected chi connectivity index (χ2v) is 15.3. The van der Waals surface area contributed by atoms with Crippen molar-refractivity contribution in [2.24, 2.45) is 34.8 Å². The molecule has 5 N–H and O–H groups in total. The zero-order valence-corrected chi connectivity index (χ0v) is 28.7. The van der Waals surface area contributed by atoms with E-state index in [0.29, 0.717) is 38.3 Å². The first-order valence-electron chi connectivity index (χ1n) is 17.1. The molecule has 5 amide bonds. The molecule has 11 nitrogen and oxygen atoms in total. The Kier molecular flexibility index (Phi) is 12.9. The van der Waals surface area contributed by atoms with E-state index in [2.05, 4.69) is 36.7 Å². The number of likely N-dealkylation sites (tertiary alicyclic amines) is 1. The number of primary amides is 1. The minimum Gasteiger partial charge on any atom is -0.382 e. The Morgan fingerprint density at radius 3 is 2.13 bits per heavy atom. The minimum absolute atomic E-state index is 0.0845. The lowest BCUT2D eigenvalue weighted by molar-refractivity contribution is -0.145. The zero-order chi connectivity index (χ0) is 33.5. The number of ether oxygens (including phenoxy) is 1. The number of nitrogens with one attached hydrogen (secondary N) is 3. The van der Waals surface area contributed by atoms with Gasteiger partial charge in [-0.3, -0.25) is 19.2 Å². The number of amides is 5. The second kappa shape index (κ2) is 15.7. The highest BCUT2D eigenvalue weighted by Crippen LogP contribution is 2.41. The number of rotatable bonds is 15. The number of carbonyl (C=O) groups excluding carboxylic acids is 5. The lowest BCUT2D eigenvalue weighted by atomic mass is 9.70. The van der Waals surface area contributed by atoms with Gasteiger partial charge in [-0.25, -0.2) is 4.79 Å². The average molecular weight is 634 g/mol. The van der Waals surface area contributed by atoms with Gasteiger partial charge in [-0.05, 0) is 68.1 Å². The van der Waals surface area contributed by atoms with Gasteiger partial charge in [0.05, 0.1) is 18.2 Å². The van der Waals surface area contributed by atoms with E-state index in [1.807, 2.05) is 20.8 Å². The van der Waals surface area contributed by atoms with Crippen LogP contribution in [0, 0.1) is 29.1 Å². The maximum atomic E-state index is 14.6. The number of Topliss-reactive ketones (excluding diaryl/α,β-unsaturated/α-hetero) is 1. The number of hydrogen-bond acceptors (Lipinski definition) is 6. The molecule has 0 aromatic rings. The fourth-order valence-electron chi connectivity index (χ4n) is 7.97.